The van der Waals surface area contributed by atoms with E-state index in [1.54, 1.807) is 6.07 Å². The summed E-state index contributed by atoms with van der Waals surface area (Å²) in [6.07, 6.45) is 9.90. The van der Waals surface area contributed by atoms with Gasteiger partial charge in [0.25, 0.3) is 0 Å². The minimum Gasteiger partial charge on any atom is -0.327 e. The number of hydrogen-bond acceptors (Lipinski definition) is 1. The zero-order valence-electron chi connectivity index (χ0n) is 11.4. The molecule has 0 aromatic heterocycles. The highest BCUT2D eigenvalue weighted by Gasteiger charge is 2.19. The average Bonchev–Trinajstić information content (AvgIpc) is 2.26. The van der Waals surface area contributed by atoms with Gasteiger partial charge in [-0.2, -0.15) is 0 Å². The summed E-state index contributed by atoms with van der Waals surface area (Å²) in [6, 6.07) is 5.23. The van der Waals surface area contributed by atoms with Gasteiger partial charge in [0.2, 0.25) is 0 Å². The Bertz CT molecular complexity index is 379. The molecule has 1 saturated carbocycles. The maximum absolute atomic E-state index is 13.4. The molecule has 0 amide bonds. The van der Waals surface area contributed by atoms with Crippen LogP contribution in [-0.4, -0.2) is 6.04 Å². The Morgan fingerprint density at radius 3 is 2.37 bits per heavy atom. The van der Waals surface area contributed by atoms with Crippen molar-refractivity contribution < 1.29 is 4.39 Å². The first-order valence-electron chi connectivity index (χ1n) is 7.35. The zero-order chi connectivity index (χ0) is 13.7. The van der Waals surface area contributed by atoms with E-state index in [-0.39, 0.29) is 11.9 Å². The maximum Gasteiger partial charge on any atom is 0.124 e. The lowest BCUT2D eigenvalue weighted by atomic mass is 9.84. The molecule has 1 aliphatic rings. The summed E-state index contributed by atoms with van der Waals surface area (Å²) < 4.78 is 14.2. The van der Waals surface area contributed by atoms with Gasteiger partial charge in [-0.3, -0.25) is 0 Å². The smallest absolute Gasteiger partial charge is 0.124 e. The van der Waals surface area contributed by atoms with Crippen LogP contribution in [0.25, 0.3) is 0 Å². The van der Waals surface area contributed by atoms with Crippen LogP contribution in [0.4, 0.5) is 4.39 Å². The predicted octanol–water partition coefficient (Wildman–Crippen LogP) is 4.82. The van der Waals surface area contributed by atoms with Crippen LogP contribution in [0.1, 0.15) is 50.5 Å². The molecule has 1 atom stereocenters. The quantitative estimate of drug-likeness (QED) is 0.846. The molecule has 0 radical (unpaired) electrons. The van der Waals surface area contributed by atoms with E-state index in [0.29, 0.717) is 5.92 Å². The number of benzene rings is 1. The van der Waals surface area contributed by atoms with Crippen LogP contribution in [0.5, 0.6) is 0 Å². The van der Waals surface area contributed by atoms with Gasteiger partial charge in [-0.1, -0.05) is 48.0 Å². The Morgan fingerprint density at radius 1 is 1.11 bits per heavy atom. The van der Waals surface area contributed by atoms with Crippen LogP contribution in [0.3, 0.4) is 0 Å². The van der Waals surface area contributed by atoms with E-state index in [1.165, 1.54) is 51.0 Å². The molecule has 1 unspecified atom stereocenters. The molecule has 1 aliphatic carbocycles. The van der Waals surface area contributed by atoms with Gasteiger partial charge in [-0.05, 0) is 48.9 Å². The van der Waals surface area contributed by atoms with Crippen molar-refractivity contribution in [2.24, 2.45) is 11.7 Å². The van der Waals surface area contributed by atoms with Crippen LogP contribution >= 0.6 is 15.9 Å². The lowest BCUT2D eigenvalue weighted by Gasteiger charge is -2.26. The summed E-state index contributed by atoms with van der Waals surface area (Å²) in [5, 5.41) is 0. The van der Waals surface area contributed by atoms with E-state index in [0.717, 1.165) is 16.5 Å². The lowest BCUT2D eigenvalue weighted by molar-refractivity contribution is 0.322. The second-order valence-electron chi connectivity index (χ2n) is 5.75. The van der Waals surface area contributed by atoms with E-state index in [2.05, 4.69) is 15.9 Å². The highest BCUT2D eigenvalue weighted by Crippen LogP contribution is 2.26. The Kier molecular flexibility index (Phi) is 5.83. The minimum atomic E-state index is -0.186. The van der Waals surface area contributed by atoms with Crippen LogP contribution in [0.2, 0.25) is 0 Å². The average molecular weight is 328 g/mol. The van der Waals surface area contributed by atoms with E-state index < -0.39 is 0 Å². The Labute approximate surface area is 123 Å². The number of nitrogens with two attached hydrogens (primary N) is 1. The van der Waals surface area contributed by atoms with E-state index in [4.69, 9.17) is 5.73 Å². The lowest BCUT2D eigenvalue weighted by Crippen LogP contribution is -2.32. The third kappa shape index (κ3) is 4.88. The van der Waals surface area contributed by atoms with Crippen LogP contribution in [0.15, 0.2) is 22.7 Å². The summed E-state index contributed by atoms with van der Waals surface area (Å²) in [5.41, 5.74) is 7.36. The molecule has 1 fully saturated rings. The van der Waals surface area contributed by atoms with Gasteiger partial charge in [0.15, 0.2) is 0 Å². The van der Waals surface area contributed by atoms with Crippen LogP contribution < -0.4 is 5.73 Å². The number of halogens is 2. The van der Waals surface area contributed by atoms with Crippen molar-refractivity contribution in [3.8, 4) is 0 Å². The summed E-state index contributed by atoms with van der Waals surface area (Å²) in [6.45, 7) is 0. The monoisotopic (exact) mass is 327 g/mol. The van der Waals surface area contributed by atoms with Gasteiger partial charge in [0.1, 0.15) is 5.82 Å². The second kappa shape index (κ2) is 7.39. The molecule has 1 nitrogen and oxygen atoms in total. The fourth-order valence-corrected chi connectivity index (χ4v) is 3.60. The molecule has 0 heterocycles. The fraction of sp³-hybridized carbons (Fsp3) is 0.625. The van der Waals surface area contributed by atoms with E-state index in [1.807, 2.05) is 6.07 Å². The van der Waals surface area contributed by atoms with Crippen molar-refractivity contribution in [1.82, 2.24) is 0 Å². The van der Waals surface area contributed by atoms with Crippen LogP contribution in [0, 0.1) is 11.7 Å². The molecule has 19 heavy (non-hydrogen) atoms. The molecule has 2 N–H and O–H groups in total. The molecule has 2 rings (SSSR count). The van der Waals surface area contributed by atoms with Crippen molar-refractivity contribution in [1.29, 1.82) is 0 Å². The standard InChI is InChI=1S/C16H23BrFN/c17-14-8-12(9-15(18)11-14)10-16(19)13-6-4-2-1-3-5-7-13/h8-9,11,13,16H,1-7,10,19H2. The number of rotatable bonds is 3. The first kappa shape index (κ1) is 15.0. The molecule has 106 valence electrons. The number of hydrogen-bond donors (Lipinski definition) is 1. The van der Waals surface area contributed by atoms with Gasteiger partial charge in [0, 0.05) is 10.5 Å². The normalized spacial score (nSPS) is 19.7. The highest BCUT2D eigenvalue weighted by atomic mass is 79.9. The van der Waals surface area contributed by atoms with Crippen molar-refractivity contribution in [3.05, 3.63) is 34.1 Å². The fourth-order valence-electron chi connectivity index (χ4n) is 3.08. The molecule has 0 saturated heterocycles. The second-order valence-corrected chi connectivity index (χ2v) is 6.67. The molecule has 0 bridgehead atoms. The Hall–Kier alpha value is -0.410. The Balaban J connectivity index is 1.96. The molecule has 1 aromatic rings. The van der Waals surface area contributed by atoms with Gasteiger partial charge in [-0.15, -0.1) is 0 Å². The van der Waals surface area contributed by atoms with E-state index >= 15 is 0 Å². The van der Waals surface area contributed by atoms with Crippen LogP contribution in [-0.2, 0) is 6.42 Å². The largest absolute Gasteiger partial charge is 0.327 e. The van der Waals surface area contributed by atoms with Crippen molar-refractivity contribution in [2.45, 2.75) is 57.4 Å². The summed E-state index contributed by atoms with van der Waals surface area (Å²) in [7, 11) is 0. The molecule has 0 spiro atoms. The SMILES string of the molecule is NC(Cc1cc(F)cc(Br)c1)C1CCCCCCC1. The van der Waals surface area contributed by atoms with Crippen molar-refractivity contribution in [2.75, 3.05) is 0 Å². The first-order valence-corrected chi connectivity index (χ1v) is 8.15. The van der Waals surface area contributed by atoms with Gasteiger partial charge in [0.05, 0.1) is 0 Å². The molecular formula is C16H23BrFN. The first-order chi connectivity index (χ1) is 9.15. The van der Waals surface area contributed by atoms with Gasteiger partial charge >= 0.3 is 0 Å². The minimum absolute atomic E-state index is 0.159. The van der Waals surface area contributed by atoms with Crippen molar-refractivity contribution >= 4 is 15.9 Å². The summed E-state index contributed by atoms with van der Waals surface area (Å²) >= 11 is 3.34. The predicted molar refractivity (Wildman–Crippen MR) is 81.6 cm³/mol. The Morgan fingerprint density at radius 2 is 1.74 bits per heavy atom. The van der Waals surface area contributed by atoms with E-state index in [9.17, 15) is 4.39 Å². The molecule has 0 aliphatic heterocycles. The summed E-state index contributed by atoms with van der Waals surface area (Å²) in [5.74, 6) is 0.414. The van der Waals surface area contributed by atoms with Gasteiger partial charge < -0.3 is 5.73 Å². The maximum atomic E-state index is 13.4. The topological polar surface area (TPSA) is 26.0 Å². The third-order valence-corrected chi connectivity index (χ3v) is 4.61. The molecule has 3 heteroatoms. The highest BCUT2D eigenvalue weighted by molar-refractivity contribution is 9.10. The molecular weight excluding hydrogens is 305 g/mol. The van der Waals surface area contributed by atoms with Crippen molar-refractivity contribution in [3.63, 3.8) is 0 Å². The zero-order valence-corrected chi connectivity index (χ0v) is 13.0. The summed E-state index contributed by atoms with van der Waals surface area (Å²) in [4.78, 5) is 0. The van der Waals surface area contributed by atoms with Gasteiger partial charge in [-0.25, -0.2) is 4.39 Å². The third-order valence-electron chi connectivity index (χ3n) is 4.15. The molecule has 1 aromatic carbocycles.